The predicted molar refractivity (Wildman–Crippen MR) is 139 cm³/mol. The Bertz CT molecular complexity index is 1490. The van der Waals surface area contributed by atoms with E-state index in [1.54, 1.807) is 31.4 Å². The fraction of sp³-hybridized carbons (Fsp3) is 0.0370. The molecule has 0 aliphatic carbocycles. The molecule has 0 saturated heterocycles. The standard InChI is InChI=1S/C27H18BrClFN3O/c1-34-22-11-7-16(8-12-22)23-13-18(28)14-24-25(23)32-26(17-5-9-19(29)10-6-17)33-27(24)31-21-4-2-3-20(30)15-21/h2-15H,1H3,(H,31,32,33). The van der Waals surface area contributed by atoms with E-state index < -0.39 is 0 Å². The van der Waals surface area contributed by atoms with Crippen molar-refractivity contribution in [2.45, 2.75) is 0 Å². The fourth-order valence-corrected chi connectivity index (χ4v) is 4.30. The van der Waals surface area contributed by atoms with Gasteiger partial charge in [-0.1, -0.05) is 45.7 Å². The summed E-state index contributed by atoms with van der Waals surface area (Å²) in [7, 11) is 1.64. The SMILES string of the molecule is COc1ccc(-c2cc(Br)cc3c(Nc4cccc(F)c4)nc(-c4ccc(Cl)cc4)nc23)cc1. The van der Waals surface area contributed by atoms with Gasteiger partial charge in [0.15, 0.2) is 5.82 Å². The molecule has 0 aliphatic rings. The Morgan fingerprint density at radius 1 is 0.882 bits per heavy atom. The molecule has 7 heteroatoms. The highest BCUT2D eigenvalue weighted by atomic mass is 79.9. The van der Waals surface area contributed by atoms with Crippen molar-refractivity contribution in [3.8, 4) is 28.3 Å². The number of halogens is 3. The number of hydrogen-bond acceptors (Lipinski definition) is 4. The van der Waals surface area contributed by atoms with Crippen molar-refractivity contribution in [1.29, 1.82) is 0 Å². The lowest BCUT2D eigenvalue weighted by Gasteiger charge is -2.15. The molecule has 4 nitrogen and oxygen atoms in total. The van der Waals surface area contributed by atoms with Crippen LogP contribution in [0.3, 0.4) is 0 Å². The van der Waals surface area contributed by atoms with E-state index in [1.807, 2.05) is 48.5 Å². The summed E-state index contributed by atoms with van der Waals surface area (Å²) in [6.07, 6.45) is 0. The van der Waals surface area contributed by atoms with Gasteiger partial charge in [0.2, 0.25) is 0 Å². The highest BCUT2D eigenvalue weighted by Gasteiger charge is 2.16. The Morgan fingerprint density at radius 3 is 2.32 bits per heavy atom. The van der Waals surface area contributed by atoms with E-state index in [1.165, 1.54) is 12.1 Å². The minimum atomic E-state index is -0.332. The normalized spacial score (nSPS) is 10.9. The second-order valence-electron chi connectivity index (χ2n) is 7.62. The van der Waals surface area contributed by atoms with Crippen LogP contribution in [0.25, 0.3) is 33.4 Å². The number of nitrogens with zero attached hydrogens (tertiary/aromatic N) is 2. The maximum absolute atomic E-state index is 13.9. The lowest BCUT2D eigenvalue weighted by molar-refractivity contribution is 0.415. The van der Waals surface area contributed by atoms with Crippen molar-refractivity contribution in [2.75, 3.05) is 12.4 Å². The van der Waals surface area contributed by atoms with E-state index in [2.05, 4.69) is 21.2 Å². The molecule has 0 atom stereocenters. The maximum Gasteiger partial charge on any atom is 0.162 e. The van der Waals surface area contributed by atoms with Crippen molar-refractivity contribution in [2.24, 2.45) is 0 Å². The van der Waals surface area contributed by atoms with E-state index in [0.29, 0.717) is 22.4 Å². The number of anilines is 2. The summed E-state index contributed by atoms with van der Waals surface area (Å²) in [5.74, 6) is 1.53. The molecular weight excluding hydrogens is 517 g/mol. The van der Waals surface area contributed by atoms with Crippen molar-refractivity contribution < 1.29 is 9.13 Å². The number of aromatic nitrogens is 2. The number of nitrogens with one attached hydrogen (secondary N) is 1. The monoisotopic (exact) mass is 533 g/mol. The van der Waals surface area contributed by atoms with Crippen LogP contribution in [0.4, 0.5) is 15.9 Å². The molecule has 1 aromatic heterocycles. The Balaban J connectivity index is 1.76. The summed E-state index contributed by atoms with van der Waals surface area (Å²) in [6.45, 7) is 0. The van der Waals surface area contributed by atoms with Gasteiger partial charge in [-0.3, -0.25) is 0 Å². The van der Waals surface area contributed by atoms with Crippen molar-refractivity contribution in [3.63, 3.8) is 0 Å². The topological polar surface area (TPSA) is 47.0 Å². The van der Waals surface area contributed by atoms with Gasteiger partial charge in [0.25, 0.3) is 0 Å². The fourth-order valence-electron chi connectivity index (χ4n) is 3.71. The molecule has 5 aromatic rings. The van der Waals surface area contributed by atoms with Gasteiger partial charge in [-0.2, -0.15) is 0 Å². The van der Waals surface area contributed by atoms with Crippen LogP contribution < -0.4 is 10.1 Å². The third kappa shape index (κ3) is 4.60. The number of hydrogen-bond donors (Lipinski definition) is 1. The first-order valence-electron chi connectivity index (χ1n) is 10.4. The first-order chi connectivity index (χ1) is 16.5. The van der Waals surface area contributed by atoms with Gasteiger partial charge in [-0.05, 0) is 72.3 Å². The summed E-state index contributed by atoms with van der Waals surface area (Å²) in [5, 5.41) is 4.70. The zero-order valence-corrected chi connectivity index (χ0v) is 20.4. The minimum Gasteiger partial charge on any atom is -0.497 e. The quantitative estimate of drug-likeness (QED) is 0.246. The van der Waals surface area contributed by atoms with Gasteiger partial charge in [-0.15, -0.1) is 0 Å². The highest BCUT2D eigenvalue weighted by molar-refractivity contribution is 9.10. The average Bonchev–Trinajstić information content (AvgIpc) is 2.84. The van der Waals surface area contributed by atoms with E-state index in [-0.39, 0.29) is 5.82 Å². The number of rotatable bonds is 5. The molecule has 5 rings (SSSR count). The molecule has 0 spiro atoms. The summed E-state index contributed by atoms with van der Waals surface area (Å²) in [6, 6.07) is 25.4. The molecule has 0 bridgehead atoms. The molecular formula is C27H18BrClFN3O. The number of methoxy groups -OCH3 is 1. The minimum absolute atomic E-state index is 0.332. The molecule has 34 heavy (non-hydrogen) atoms. The first kappa shape index (κ1) is 22.3. The van der Waals surface area contributed by atoms with Crippen LogP contribution in [0.2, 0.25) is 5.02 Å². The largest absolute Gasteiger partial charge is 0.497 e. The van der Waals surface area contributed by atoms with E-state index in [4.69, 9.17) is 26.3 Å². The molecule has 0 unspecified atom stereocenters. The predicted octanol–water partition coefficient (Wildman–Crippen LogP) is 8.27. The zero-order valence-electron chi connectivity index (χ0n) is 18.0. The summed E-state index contributed by atoms with van der Waals surface area (Å²) < 4.78 is 20.1. The van der Waals surface area contributed by atoms with E-state index >= 15 is 0 Å². The third-order valence-electron chi connectivity index (χ3n) is 5.36. The molecule has 0 amide bonds. The van der Waals surface area contributed by atoms with Crippen LogP contribution in [-0.2, 0) is 0 Å². The number of ether oxygens (including phenoxy) is 1. The molecule has 0 aliphatic heterocycles. The van der Waals surface area contributed by atoms with Crippen LogP contribution in [0, 0.1) is 5.82 Å². The molecule has 1 N–H and O–H groups in total. The lowest BCUT2D eigenvalue weighted by atomic mass is 10.0. The summed E-state index contributed by atoms with van der Waals surface area (Å²) >= 11 is 9.72. The number of fused-ring (bicyclic) bond motifs is 1. The summed E-state index contributed by atoms with van der Waals surface area (Å²) in [4.78, 5) is 9.74. The molecule has 1 heterocycles. The van der Waals surface area contributed by atoms with Crippen LogP contribution in [0.15, 0.2) is 89.4 Å². The summed E-state index contributed by atoms with van der Waals surface area (Å²) in [5.41, 5.74) is 4.06. The van der Waals surface area contributed by atoms with Crippen LogP contribution >= 0.6 is 27.5 Å². The van der Waals surface area contributed by atoms with E-state index in [9.17, 15) is 4.39 Å². The lowest BCUT2D eigenvalue weighted by Crippen LogP contribution is -2.01. The molecule has 168 valence electrons. The second kappa shape index (κ2) is 9.41. The van der Waals surface area contributed by atoms with E-state index in [0.717, 1.165) is 37.8 Å². The van der Waals surface area contributed by atoms with Crippen LogP contribution in [0.5, 0.6) is 5.75 Å². The first-order valence-corrected chi connectivity index (χ1v) is 11.6. The molecule has 0 fully saturated rings. The highest BCUT2D eigenvalue weighted by Crippen LogP contribution is 2.37. The Hall–Kier alpha value is -3.48. The van der Waals surface area contributed by atoms with Crippen molar-refractivity contribution in [1.82, 2.24) is 9.97 Å². The van der Waals surface area contributed by atoms with Crippen LogP contribution in [0.1, 0.15) is 0 Å². The van der Waals surface area contributed by atoms with Gasteiger partial charge in [0.05, 0.1) is 12.6 Å². The second-order valence-corrected chi connectivity index (χ2v) is 8.97. The zero-order chi connectivity index (χ0) is 23.7. The average molecular weight is 535 g/mol. The van der Waals surface area contributed by atoms with Crippen molar-refractivity contribution >= 4 is 49.9 Å². The third-order valence-corrected chi connectivity index (χ3v) is 6.07. The van der Waals surface area contributed by atoms with Gasteiger partial charge in [-0.25, -0.2) is 14.4 Å². The molecule has 4 aromatic carbocycles. The van der Waals surface area contributed by atoms with Gasteiger partial charge >= 0.3 is 0 Å². The smallest absolute Gasteiger partial charge is 0.162 e. The Kier molecular flexibility index (Phi) is 6.18. The van der Waals surface area contributed by atoms with Gasteiger partial charge in [0.1, 0.15) is 17.4 Å². The van der Waals surface area contributed by atoms with Crippen LogP contribution in [-0.4, -0.2) is 17.1 Å². The van der Waals surface area contributed by atoms with Gasteiger partial charge < -0.3 is 10.1 Å². The Morgan fingerprint density at radius 2 is 1.62 bits per heavy atom. The maximum atomic E-state index is 13.9. The molecule has 0 saturated carbocycles. The van der Waals surface area contributed by atoms with Gasteiger partial charge in [0, 0.05) is 31.7 Å². The van der Waals surface area contributed by atoms with Crippen molar-refractivity contribution in [3.05, 3.63) is 100 Å². The molecule has 0 radical (unpaired) electrons. The number of benzene rings is 4. The Labute approximate surface area is 209 Å².